The van der Waals surface area contributed by atoms with Gasteiger partial charge in [0.25, 0.3) is 0 Å². The summed E-state index contributed by atoms with van der Waals surface area (Å²) in [7, 11) is 1.99. The summed E-state index contributed by atoms with van der Waals surface area (Å²) in [6.07, 6.45) is 8.07. The number of nitrogen functional groups attached to an aromatic ring is 1. The van der Waals surface area contributed by atoms with Crippen LogP contribution in [0.1, 0.15) is 40.0 Å². The van der Waals surface area contributed by atoms with Crippen LogP contribution < -0.4 is 5.73 Å². The predicted molar refractivity (Wildman–Crippen MR) is 103 cm³/mol. The van der Waals surface area contributed by atoms with E-state index in [-0.39, 0.29) is 11.7 Å². The molecule has 4 rings (SSSR count). The summed E-state index contributed by atoms with van der Waals surface area (Å²) in [5.74, 6) is 0.425. The first-order valence-electron chi connectivity index (χ1n) is 8.72. The number of hydrogen-bond acceptors (Lipinski definition) is 4. The van der Waals surface area contributed by atoms with Gasteiger partial charge in [0.1, 0.15) is 0 Å². The third kappa shape index (κ3) is 2.81. The molecule has 0 saturated heterocycles. The Morgan fingerprint density at radius 2 is 1.92 bits per heavy atom. The number of nitrogens with two attached hydrogens (primary N) is 1. The standard InChI is InChI=1S/C21H20N4O/c1-25-17-8-5-9-18(26)19(17)15(11-10-14-6-3-2-4-7-14)20(25)16-12-13-23-21(22)24-16/h2-4,6-7,10-13H,5,8-9H2,1H3,(H2,22,23,24)/b11-10+. The Bertz CT molecular complexity index is 1000. The van der Waals surface area contributed by atoms with E-state index in [1.807, 2.05) is 55.6 Å². The molecule has 0 bridgehead atoms. The molecule has 0 unspecified atom stereocenters. The van der Waals surface area contributed by atoms with Gasteiger partial charge in [-0.1, -0.05) is 42.5 Å². The molecule has 0 aliphatic heterocycles. The fraction of sp³-hybridized carbons (Fsp3) is 0.190. The Kier molecular flexibility index (Phi) is 4.13. The van der Waals surface area contributed by atoms with E-state index in [4.69, 9.17) is 5.73 Å². The first-order valence-corrected chi connectivity index (χ1v) is 8.72. The maximum Gasteiger partial charge on any atom is 0.220 e. The van der Waals surface area contributed by atoms with Crippen LogP contribution in [0.3, 0.4) is 0 Å². The molecule has 26 heavy (non-hydrogen) atoms. The number of rotatable bonds is 3. The Hall–Kier alpha value is -3.21. The number of carbonyl (C=O) groups excluding carboxylic acids is 1. The van der Waals surface area contributed by atoms with Crippen molar-refractivity contribution >= 4 is 23.9 Å². The molecule has 0 radical (unpaired) electrons. The van der Waals surface area contributed by atoms with Gasteiger partial charge in [0.2, 0.25) is 5.95 Å². The van der Waals surface area contributed by atoms with Gasteiger partial charge in [0.15, 0.2) is 5.78 Å². The molecular weight excluding hydrogens is 324 g/mol. The summed E-state index contributed by atoms with van der Waals surface area (Å²) >= 11 is 0. The quantitative estimate of drug-likeness (QED) is 0.785. The van der Waals surface area contributed by atoms with Gasteiger partial charge in [-0.2, -0.15) is 0 Å². The van der Waals surface area contributed by atoms with Crippen LogP contribution in [0.2, 0.25) is 0 Å². The molecule has 1 aliphatic carbocycles. The van der Waals surface area contributed by atoms with Gasteiger partial charge < -0.3 is 10.3 Å². The largest absolute Gasteiger partial charge is 0.368 e. The molecule has 0 saturated carbocycles. The lowest BCUT2D eigenvalue weighted by Crippen LogP contribution is -2.12. The van der Waals surface area contributed by atoms with Crippen molar-refractivity contribution in [3.05, 3.63) is 65.0 Å². The number of carbonyl (C=O) groups is 1. The van der Waals surface area contributed by atoms with Crippen molar-refractivity contribution in [3.63, 3.8) is 0 Å². The molecule has 2 aromatic heterocycles. The zero-order chi connectivity index (χ0) is 18.1. The minimum Gasteiger partial charge on any atom is -0.368 e. The van der Waals surface area contributed by atoms with Crippen LogP contribution in [0.5, 0.6) is 0 Å². The van der Waals surface area contributed by atoms with Gasteiger partial charge in [-0.05, 0) is 24.5 Å². The monoisotopic (exact) mass is 344 g/mol. The summed E-state index contributed by atoms with van der Waals surface area (Å²) in [5.41, 5.74) is 11.3. The van der Waals surface area contributed by atoms with E-state index in [2.05, 4.69) is 14.5 Å². The molecule has 1 aromatic carbocycles. The zero-order valence-corrected chi connectivity index (χ0v) is 14.6. The Morgan fingerprint density at radius 1 is 1.12 bits per heavy atom. The fourth-order valence-corrected chi connectivity index (χ4v) is 3.62. The van der Waals surface area contributed by atoms with Gasteiger partial charge in [-0.3, -0.25) is 4.79 Å². The van der Waals surface area contributed by atoms with Crippen LogP contribution in [0.15, 0.2) is 42.6 Å². The Morgan fingerprint density at radius 3 is 2.69 bits per heavy atom. The molecule has 0 fully saturated rings. The highest BCUT2D eigenvalue weighted by atomic mass is 16.1. The molecule has 5 heteroatoms. The molecule has 5 nitrogen and oxygen atoms in total. The number of fused-ring (bicyclic) bond motifs is 1. The second-order valence-electron chi connectivity index (χ2n) is 6.46. The molecule has 2 N–H and O–H groups in total. The molecule has 3 aromatic rings. The van der Waals surface area contributed by atoms with Crippen molar-refractivity contribution in [3.8, 4) is 11.4 Å². The minimum absolute atomic E-state index is 0.197. The van der Waals surface area contributed by atoms with E-state index in [0.717, 1.165) is 46.6 Å². The topological polar surface area (TPSA) is 73.8 Å². The highest BCUT2D eigenvalue weighted by Gasteiger charge is 2.28. The highest BCUT2D eigenvalue weighted by Crippen LogP contribution is 2.36. The van der Waals surface area contributed by atoms with Crippen molar-refractivity contribution in [2.75, 3.05) is 5.73 Å². The average Bonchev–Trinajstić information content (AvgIpc) is 2.94. The zero-order valence-electron chi connectivity index (χ0n) is 14.6. The van der Waals surface area contributed by atoms with Crippen LogP contribution in [0.4, 0.5) is 5.95 Å². The second-order valence-corrected chi connectivity index (χ2v) is 6.46. The lowest BCUT2D eigenvalue weighted by molar-refractivity contribution is 0.0971. The third-order valence-electron chi connectivity index (χ3n) is 4.81. The molecular formula is C21H20N4O. The van der Waals surface area contributed by atoms with Crippen LogP contribution in [0, 0.1) is 0 Å². The van der Waals surface area contributed by atoms with E-state index < -0.39 is 0 Å². The van der Waals surface area contributed by atoms with Crippen LogP contribution >= 0.6 is 0 Å². The number of ketones is 1. The summed E-state index contributed by atoms with van der Waals surface area (Å²) in [5, 5.41) is 0. The third-order valence-corrected chi connectivity index (χ3v) is 4.81. The van der Waals surface area contributed by atoms with Crippen molar-refractivity contribution < 1.29 is 4.79 Å². The van der Waals surface area contributed by atoms with E-state index in [9.17, 15) is 4.79 Å². The SMILES string of the molecule is Cn1c2c(c(/C=C/c3ccccc3)c1-c1ccnc(N)n1)C(=O)CCC2. The van der Waals surface area contributed by atoms with Crippen LogP contribution in [-0.2, 0) is 13.5 Å². The lowest BCUT2D eigenvalue weighted by Gasteiger charge is -2.12. The first-order chi connectivity index (χ1) is 12.6. The number of benzene rings is 1. The molecule has 2 heterocycles. The van der Waals surface area contributed by atoms with Crippen molar-refractivity contribution in [2.24, 2.45) is 7.05 Å². The summed E-state index contributed by atoms with van der Waals surface area (Å²) in [6.45, 7) is 0. The number of anilines is 1. The number of nitrogens with zero attached hydrogens (tertiary/aromatic N) is 3. The fourth-order valence-electron chi connectivity index (χ4n) is 3.62. The van der Waals surface area contributed by atoms with Gasteiger partial charge in [-0.25, -0.2) is 9.97 Å². The van der Waals surface area contributed by atoms with Gasteiger partial charge in [-0.15, -0.1) is 0 Å². The van der Waals surface area contributed by atoms with Crippen LogP contribution in [0.25, 0.3) is 23.5 Å². The smallest absolute Gasteiger partial charge is 0.220 e. The lowest BCUT2D eigenvalue weighted by atomic mass is 9.92. The van der Waals surface area contributed by atoms with Gasteiger partial charge in [0, 0.05) is 36.5 Å². The van der Waals surface area contributed by atoms with Gasteiger partial charge in [0.05, 0.1) is 11.4 Å². The van der Waals surface area contributed by atoms with Gasteiger partial charge >= 0.3 is 0 Å². The first kappa shape index (κ1) is 16.3. The van der Waals surface area contributed by atoms with Crippen LogP contribution in [-0.4, -0.2) is 20.3 Å². The van der Waals surface area contributed by atoms with E-state index in [1.54, 1.807) is 6.20 Å². The maximum atomic E-state index is 12.7. The maximum absolute atomic E-state index is 12.7. The molecule has 130 valence electrons. The molecule has 0 amide bonds. The number of aromatic nitrogens is 3. The molecule has 1 aliphatic rings. The number of hydrogen-bond donors (Lipinski definition) is 1. The van der Waals surface area contributed by atoms with E-state index >= 15 is 0 Å². The Labute approximate surface area is 152 Å². The van der Waals surface area contributed by atoms with Crippen molar-refractivity contribution in [1.82, 2.24) is 14.5 Å². The minimum atomic E-state index is 0.197. The summed E-state index contributed by atoms with van der Waals surface area (Å²) in [6, 6.07) is 11.9. The summed E-state index contributed by atoms with van der Waals surface area (Å²) < 4.78 is 2.08. The normalized spacial score (nSPS) is 14.0. The summed E-state index contributed by atoms with van der Waals surface area (Å²) in [4.78, 5) is 21.1. The number of Topliss-reactive ketones (excluding diaryl/α,β-unsaturated/α-hetero) is 1. The van der Waals surface area contributed by atoms with Crippen molar-refractivity contribution in [1.29, 1.82) is 0 Å². The molecule has 0 spiro atoms. The predicted octanol–water partition coefficient (Wildman–Crippen LogP) is 3.75. The van der Waals surface area contributed by atoms with E-state index in [0.29, 0.717) is 6.42 Å². The van der Waals surface area contributed by atoms with E-state index in [1.165, 1.54) is 0 Å². The highest BCUT2D eigenvalue weighted by molar-refractivity contribution is 6.05. The Balaban J connectivity index is 1.93. The second kappa shape index (κ2) is 6.59. The average molecular weight is 344 g/mol. The van der Waals surface area contributed by atoms with Crippen molar-refractivity contribution in [2.45, 2.75) is 19.3 Å². The molecule has 0 atom stereocenters.